The Morgan fingerprint density at radius 3 is 3.08 bits per heavy atom. The highest BCUT2D eigenvalue weighted by Crippen LogP contribution is 2.26. The van der Waals surface area contributed by atoms with Crippen molar-refractivity contribution in [2.24, 2.45) is 0 Å². The number of hydrogen-bond donors (Lipinski definition) is 1. The van der Waals surface area contributed by atoms with E-state index in [1.165, 1.54) is 5.56 Å². The van der Waals surface area contributed by atoms with Gasteiger partial charge < -0.3 is 15.0 Å². The van der Waals surface area contributed by atoms with Gasteiger partial charge in [0.1, 0.15) is 5.75 Å². The van der Waals surface area contributed by atoms with Gasteiger partial charge in [0.2, 0.25) is 5.91 Å². The van der Waals surface area contributed by atoms with E-state index in [0.717, 1.165) is 61.8 Å². The van der Waals surface area contributed by atoms with Crippen LogP contribution in [-0.4, -0.2) is 41.8 Å². The standard InChI is InChI=1S/C20H24N4O2/c1-14-4-7-19(23-22-14)24-9-2-3-17(13-24)21-20(25)12-15-5-6-18-16(11-15)8-10-26-18/h4-7,11,17H,2-3,8-10,12-13H2,1H3,(H,21,25). The van der Waals surface area contributed by atoms with Gasteiger partial charge in [-0.15, -0.1) is 5.10 Å². The van der Waals surface area contributed by atoms with Crippen LogP contribution in [-0.2, 0) is 17.6 Å². The van der Waals surface area contributed by atoms with Crippen LogP contribution < -0.4 is 15.0 Å². The molecule has 0 aliphatic carbocycles. The summed E-state index contributed by atoms with van der Waals surface area (Å²) in [5, 5.41) is 11.6. The first kappa shape index (κ1) is 16.8. The fraction of sp³-hybridized carbons (Fsp3) is 0.450. The maximum Gasteiger partial charge on any atom is 0.224 e. The summed E-state index contributed by atoms with van der Waals surface area (Å²) in [6, 6.07) is 10.2. The number of nitrogens with zero attached hydrogens (tertiary/aromatic N) is 3. The largest absolute Gasteiger partial charge is 0.493 e. The number of aryl methyl sites for hydroxylation is 1. The first-order valence-corrected chi connectivity index (χ1v) is 9.26. The third-order valence-electron chi connectivity index (χ3n) is 5.01. The van der Waals surface area contributed by atoms with E-state index in [4.69, 9.17) is 4.74 Å². The Morgan fingerprint density at radius 2 is 2.23 bits per heavy atom. The Balaban J connectivity index is 1.34. The second-order valence-corrected chi connectivity index (χ2v) is 7.10. The van der Waals surface area contributed by atoms with Crippen molar-refractivity contribution in [3.63, 3.8) is 0 Å². The van der Waals surface area contributed by atoms with E-state index < -0.39 is 0 Å². The monoisotopic (exact) mass is 352 g/mol. The Kier molecular flexibility index (Phi) is 4.73. The number of carbonyl (C=O) groups is 1. The topological polar surface area (TPSA) is 67.4 Å². The molecule has 0 radical (unpaired) electrons. The molecule has 4 rings (SSSR count). The van der Waals surface area contributed by atoms with Gasteiger partial charge in [-0.1, -0.05) is 12.1 Å². The highest BCUT2D eigenvalue weighted by molar-refractivity contribution is 5.79. The molecule has 0 bridgehead atoms. The summed E-state index contributed by atoms with van der Waals surface area (Å²) < 4.78 is 5.52. The third-order valence-corrected chi connectivity index (χ3v) is 5.01. The molecule has 1 aromatic heterocycles. The van der Waals surface area contributed by atoms with Crippen LogP contribution in [0.1, 0.15) is 29.7 Å². The number of aromatic nitrogens is 2. The van der Waals surface area contributed by atoms with E-state index in [2.05, 4.69) is 26.5 Å². The maximum absolute atomic E-state index is 12.5. The SMILES string of the molecule is Cc1ccc(N2CCCC(NC(=O)Cc3ccc4c(c3)CCO4)C2)nn1. The van der Waals surface area contributed by atoms with Gasteiger partial charge in [0.15, 0.2) is 5.82 Å². The van der Waals surface area contributed by atoms with Gasteiger partial charge >= 0.3 is 0 Å². The van der Waals surface area contributed by atoms with Crippen LogP contribution in [0.5, 0.6) is 5.75 Å². The number of rotatable bonds is 4. The number of hydrogen-bond acceptors (Lipinski definition) is 5. The molecule has 1 atom stereocenters. The van der Waals surface area contributed by atoms with Crippen LogP contribution in [0.3, 0.4) is 0 Å². The predicted molar refractivity (Wildman–Crippen MR) is 99.5 cm³/mol. The van der Waals surface area contributed by atoms with Crippen LogP contribution in [0, 0.1) is 6.92 Å². The van der Waals surface area contributed by atoms with Crippen molar-refractivity contribution in [2.75, 3.05) is 24.6 Å². The van der Waals surface area contributed by atoms with Crippen LogP contribution in [0.15, 0.2) is 30.3 Å². The van der Waals surface area contributed by atoms with E-state index in [1.54, 1.807) is 0 Å². The zero-order valence-electron chi connectivity index (χ0n) is 15.1. The highest BCUT2D eigenvalue weighted by Gasteiger charge is 2.23. The summed E-state index contributed by atoms with van der Waals surface area (Å²) in [4.78, 5) is 14.7. The molecule has 1 unspecified atom stereocenters. The number of benzene rings is 1. The van der Waals surface area contributed by atoms with Crippen molar-refractivity contribution in [3.05, 3.63) is 47.2 Å². The minimum Gasteiger partial charge on any atom is -0.493 e. The molecule has 2 aliphatic rings. The summed E-state index contributed by atoms with van der Waals surface area (Å²) in [6.07, 6.45) is 3.38. The van der Waals surface area contributed by atoms with Gasteiger partial charge in [0.25, 0.3) is 0 Å². The van der Waals surface area contributed by atoms with Gasteiger partial charge in [-0.05, 0) is 49.1 Å². The smallest absolute Gasteiger partial charge is 0.224 e. The number of anilines is 1. The Bertz CT molecular complexity index is 791. The summed E-state index contributed by atoms with van der Waals surface area (Å²) in [7, 11) is 0. The molecule has 6 nitrogen and oxygen atoms in total. The number of carbonyl (C=O) groups excluding carboxylic acids is 1. The summed E-state index contributed by atoms with van der Waals surface area (Å²) in [5.74, 6) is 1.91. The molecular weight excluding hydrogens is 328 g/mol. The minimum absolute atomic E-state index is 0.0747. The number of fused-ring (bicyclic) bond motifs is 1. The average Bonchev–Trinajstić information content (AvgIpc) is 3.10. The average molecular weight is 352 g/mol. The number of nitrogens with one attached hydrogen (secondary N) is 1. The van der Waals surface area contributed by atoms with Crippen LogP contribution in [0.4, 0.5) is 5.82 Å². The molecule has 1 aromatic carbocycles. The van der Waals surface area contributed by atoms with Gasteiger partial charge in [0, 0.05) is 25.6 Å². The van der Waals surface area contributed by atoms with E-state index >= 15 is 0 Å². The minimum atomic E-state index is 0.0747. The van der Waals surface area contributed by atoms with Crippen molar-refractivity contribution in [2.45, 2.75) is 38.6 Å². The molecule has 3 heterocycles. The third kappa shape index (κ3) is 3.79. The Morgan fingerprint density at radius 1 is 1.31 bits per heavy atom. The van der Waals surface area contributed by atoms with Crippen molar-refractivity contribution >= 4 is 11.7 Å². The first-order valence-electron chi connectivity index (χ1n) is 9.26. The van der Waals surface area contributed by atoms with Gasteiger partial charge in [-0.3, -0.25) is 4.79 Å². The zero-order valence-corrected chi connectivity index (χ0v) is 15.1. The molecular formula is C20H24N4O2. The normalized spacial score (nSPS) is 19.0. The molecule has 1 saturated heterocycles. The molecule has 0 spiro atoms. The molecule has 1 N–H and O–H groups in total. The molecule has 0 saturated carbocycles. The second-order valence-electron chi connectivity index (χ2n) is 7.10. The van der Waals surface area contributed by atoms with Gasteiger partial charge in [-0.2, -0.15) is 5.10 Å². The van der Waals surface area contributed by atoms with Crippen LogP contribution in [0.2, 0.25) is 0 Å². The molecule has 2 aliphatic heterocycles. The highest BCUT2D eigenvalue weighted by atomic mass is 16.5. The number of piperidine rings is 1. The molecule has 6 heteroatoms. The molecule has 1 amide bonds. The summed E-state index contributed by atoms with van der Waals surface area (Å²) in [5.41, 5.74) is 3.16. The Hall–Kier alpha value is -2.63. The molecule has 2 aromatic rings. The van der Waals surface area contributed by atoms with E-state index in [0.29, 0.717) is 6.42 Å². The van der Waals surface area contributed by atoms with Gasteiger partial charge in [0.05, 0.1) is 18.7 Å². The molecule has 136 valence electrons. The molecule has 26 heavy (non-hydrogen) atoms. The first-order chi connectivity index (χ1) is 12.7. The van der Waals surface area contributed by atoms with E-state index in [9.17, 15) is 4.79 Å². The summed E-state index contributed by atoms with van der Waals surface area (Å²) in [6.45, 7) is 4.41. The van der Waals surface area contributed by atoms with Crippen LogP contribution >= 0.6 is 0 Å². The van der Waals surface area contributed by atoms with E-state index in [-0.39, 0.29) is 11.9 Å². The van der Waals surface area contributed by atoms with Crippen molar-refractivity contribution in [1.82, 2.24) is 15.5 Å². The van der Waals surface area contributed by atoms with Crippen molar-refractivity contribution in [3.8, 4) is 5.75 Å². The second kappa shape index (κ2) is 7.32. The fourth-order valence-corrected chi connectivity index (χ4v) is 3.68. The maximum atomic E-state index is 12.5. The lowest BCUT2D eigenvalue weighted by molar-refractivity contribution is -0.121. The zero-order chi connectivity index (χ0) is 17.9. The summed E-state index contributed by atoms with van der Waals surface area (Å²) >= 11 is 0. The fourth-order valence-electron chi connectivity index (χ4n) is 3.68. The lowest BCUT2D eigenvalue weighted by Crippen LogP contribution is -2.48. The molecule has 1 fully saturated rings. The van der Waals surface area contributed by atoms with Crippen molar-refractivity contribution in [1.29, 1.82) is 0 Å². The predicted octanol–water partition coefficient (Wildman–Crippen LogP) is 2.05. The number of amides is 1. The van der Waals surface area contributed by atoms with Gasteiger partial charge in [-0.25, -0.2) is 0 Å². The quantitative estimate of drug-likeness (QED) is 0.912. The van der Waals surface area contributed by atoms with Crippen LogP contribution in [0.25, 0.3) is 0 Å². The lowest BCUT2D eigenvalue weighted by Gasteiger charge is -2.33. The number of ether oxygens (including phenoxy) is 1. The Labute approximate surface area is 153 Å². The van der Waals surface area contributed by atoms with Crippen molar-refractivity contribution < 1.29 is 9.53 Å². The lowest BCUT2D eigenvalue weighted by atomic mass is 10.0. The van der Waals surface area contributed by atoms with E-state index in [1.807, 2.05) is 31.2 Å².